The molecule has 29 heavy (non-hydrogen) atoms. The maximum absolute atomic E-state index is 12.7. The third kappa shape index (κ3) is 3.68. The third-order valence-electron chi connectivity index (χ3n) is 3.85. The Morgan fingerprint density at radius 1 is 1.38 bits per heavy atom. The standard InChI is InChI=1S/C17H14N8O3S/c1-27-12-4-2-3-11(7-12)14-13(17(26)21-19-8-10-5-6-29-9-10)20-24-25(14)16-15(18)22-28-23-16/h2-9H,1H3,(H2,18,22)(H,21,26). The summed E-state index contributed by atoms with van der Waals surface area (Å²) in [5, 5.41) is 23.0. The number of thiophene rings is 1. The van der Waals surface area contributed by atoms with Crippen LogP contribution in [0.1, 0.15) is 16.1 Å². The van der Waals surface area contributed by atoms with Crippen molar-refractivity contribution in [2.45, 2.75) is 0 Å². The molecule has 0 atom stereocenters. The molecule has 1 amide bonds. The molecule has 0 unspecified atom stereocenters. The van der Waals surface area contributed by atoms with Crippen molar-refractivity contribution in [1.82, 2.24) is 30.7 Å². The first-order chi connectivity index (χ1) is 14.2. The molecule has 12 heteroatoms. The zero-order valence-electron chi connectivity index (χ0n) is 15.0. The number of nitrogen functional groups attached to an aromatic ring is 1. The minimum Gasteiger partial charge on any atom is -0.497 e. The Labute approximate surface area is 167 Å². The Hall–Kier alpha value is -4.06. The minimum absolute atomic E-state index is 0.00137. The Bertz CT molecular complexity index is 1170. The van der Waals surface area contributed by atoms with Crippen LogP contribution in [-0.4, -0.2) is 44.5 Å². The normalized spacial score (nSPS) is 11.1. The molecule has 0 aliphatic heterocycles. The van der Waals surface area contributed by atoms with Crippen molar-refractivity contribution >= 4 is 29.3 Å². The number of rotatable bonds is 6. The second-order valence-electron chi connectivity index (χ2n) is 5.66. The van der Waals surface area contributed by atoms with Gasteiger partial charge in [0, 0.05) is 11.1 Å². The smallest absolute Gasteiger partial charge is 0.294 e. The van der Waals surface area contributed by atoms with Crippen molar-refractivity contribution in [3.63, 3.8) is 0 Å². The van der Waals surface area contributed by atoms with E-state index in [4.69, 9.17) is 10.5 Å². The fourth-order valence-corrected chi connectivity index (χ4v) is 3.13. The fraction of sp³-hybridized carbons (Fsp3) is 0.0588. The summed E-state index contributed by atoms with van der Waals surface area (Å²) in [7, 11) is 1.54. The third-order valence-corrected chi connectivity index (χ3v) is 4.55. The molecule has 0 fully saturated rings. The average molecular weight is 410 g/mol. The van der Waals surface area contributed by atoms with E-state index in [2.05, 4.69) is 35.8 Å². The Balaban J connectivity index is 1.74. The lowest BCUT2D eigenvalue weighted by molar-refractivity contribution is 0.0950. The number of nitrogens with one attached hydrogen (secondary N) is 1. The lowest BCUT2D eigenvalue weighted by Crippen LogP contribution is -2.19. The number of ether oxygens (including phenoxy) is 1. The molecule has 3 heterocycles. The molecule has 0 radical (unpaired) electrons. The molecule has 4 rings (SSSR count). The van der Waals surface area contributed by atoms with E-state index in [9.17, 15) is 4.79 Å². The quantitative estimate of drug-likeness (QED) is 0.361. The van der Waals surface area contributed by atoms with Gasteiger partial charge in [0.25, 0.3) is 5.91 Å². The molecule has 1 aromatic carbocycles. The predicted molar refractivity (Wildman–Crippen MR) is 105 cm³/mol. The van der Waals surface area contributed by atoms with Crippen molar-refractivity contribution in [1.29, 1.82) is 0 Å². The number of amides is 1. The summed E-state index contributed by atoms with van der Waals surface area (Å²) in [4.78, 5) is 12.7. The van der Waals surface area contributed by atoms with Crippen molar-refractivity contribution < 1.29 is 14.2 Å². The summed E-state index contributed by atoms with van der Waals surface area (Å²) in [5.41, 5.74) is 10.1. The van der Waals surface area contributed by atoms with Crippen molar-refractivity contribution in [3.05, 3.63) is 52.3 Å². The van der Waals surface area contributed by atoms with Crippen molar-refractivity contribution in [3.8, 4) is 22.8 Å². The van der Waals surface area contributed by atoms with Gasteiger partial charge >= 0.3 is 0 Å². The van der Waals surface area contributed by atoms with Gasteiger partial charge in [-0.3, -0.25) is 4.79 Å². The van der Waals surface area contributed by atoms with Crippen LogP contribution in [0.25, 0.3) is 17.1 Å². The summed E-state index contributed by atoms with van der Waals surface area (Å²) >= 11 is 1.53. The number of benzene rings is 1. The van der Waals surface area contributed by atoms with Crippen molar-refractivity contribution in [2.24, 2.45) is 5.10 Å². The van der Waals surface area contributed by atoms with Crippen LogP contribution in [0.5, 0.6) is 5.75 Å². The van der Waals surface area contributed by atoms with Crippen LogP contribution < -0.4 is 15.9 Å². The van der Waals surface area contributed by atoms with Gasteiger partial charge < -0.3 is 10.5 Å². The summed E-state index contributed by atoms with van der Waals surface area (Å²) in [5.74, 6) is 0.136. The topological polar surface area (TPSA) is 146 Å². The molecular weight excluding hydrogens is 396 g/mol. The number of hydrogen-bond acceptors (Lipinski definition) is 10. The molecule has 0 spiro atoms. The largest absolute Gasteiger partial charge is 0.497 e. The highest BCUT2D eigenvalue weighted by molar-refractivity contribution is 7.08. The predicted octanol–water partition coefficient (Wildman–Crippen LogP) is 1.73. The highest BCUT2D eigenvalue weighted by atomic mass is 32.1. The van der Waals surface area contributed by atoms with E-state index in [1.165, 1.54) is 22.2 Å². The zero-order chi connectivity index (χ0) is 20.2. The summed E-state index contributed by atoms with van der Waals surface area (Å²) in [6.07, 6.45) is 1.53. The van der Waals surface area contributed by atoms with Crippen LogP contribution in [-0.2, 0) is 0 Å². The SMILES string of the molecule is COc1cccc(-c2c(C(=O)NN=Cc3ccsc3)nnn2-c2nonc2N)c1. The first-order valence-electron chi connectivity index (χ1n) is 8.21. The zero-order valence-corrected chi connectivity index (χ0v) is 15.8. The van der Waals surface area contributed by atoms with Crippen LogP contribution in [0.2, 0.25) is 0 Å². The van der Waals surface area contributed by atoms with E-state index in [1.807, 2.05) is 16.8 Å². The first kappa shape index (κ1) is 18.3. The van der Waals surface area contributed by atoms with Gasteiger partial charge in [-0.05, 0) is 39.3 Å². The molecule has 0 saturated heterocycles. The molecule has 3 aromatic heterocycles. The number of hydrazone groups is 1. The van der Waals surface area contributed by atoms with Gasteiger partial charge in [0.15, 0.2) is 5.69 Å². The van der Waals surface area contributed by atoms with E-state index in [-0.39, 0.29) is 17.3 Å². The number of carbonyl (C=O) groups is 1. The number of nitrogens with two attached hydrogens (primary N) is 1. The van der Waals surface area contributed by atoms with Gasteiger partial charge in [0.2, 0.25) is 11.6 Å². The van der Waals surface area contributed by atoms with Crippen molar-refractivity contribution in [2.75, 3.05) is 12.8 Å². The highest BCUT2D eigenvalue weighted by Gasteiger charge is 2.25. The number of aromatic nitrogens is 5. The van der Waals surface area contributed by atoms with Gasteiger partial charge in [-0.25, -0.2) is 10.1 Å². The van der Waals surface area contributed by atoms with Crippen LogP contribution >= 0.6 is 11.3 Å². The Kier molecular flexibility index (Phi) is 4.99. The van der Waals surface area contributed by atoms with Crippen LogP contribution in [0.15, 0.2) is 50.8 Å². The van der Waals surface area contributed by atoms with Crippen LogP contribution in [0.4, 0.5) is 5.82 Å². The van der Waals surface area contributed by atoms with E-state index < -0.39 is 5.91 Å². The maximum Gasteiger partial charge on any atom is 0.294 e. The second-order valence-corrected chi connectivity index (χ2v) is 6.44. The summed E-state index contributed by atoms with van der Waals surface area (Å²) in [6.45, 7) is 0. The second kappa shape index (κ2) is 7.90. The molecular formula is C17H14N8O3S. The van der Waals surface area contributed by atoms with E-state index >= 15 is 0 Å². The van der Waals surface area contributed by atoms with Gasteiger partial charge in [0.1, 0.15) is 11.4 Å². The Morgan fingerprint density at radius 3 is 3.00 bits per heavy atom. The van der Waals surface area contributed by atoms with Crippen LogP contribution in [0, 0.1) is 0 Å². The molecule has 0 aliphatic carbocycles. The summed E-state index contributed by atoms with van der Waals surface area (Å²) in [6, 6.07) is 8.91. The highest BCUT2D eigenvalue weighted by Crippen LogP contribution is 2.28. The van der Waals surface area contributed by atoms with E-state index in [0.29, 0.717) is 17.0 Å². The molecule has 0 bridgehead atoms. The molecule has 0 aliphatic rings. The summed E-state index contributed by atoms with van der Waals surface area (Å²) < 4.78 is 11.2. The minimum atomic E-state index is -0.560. The number of hydrogen-bond donors (Lipinski definition) is 2. The molecule has 0 saturated carbocycles. The number of anilines is 1. The average Bonchev–Trinajstić information content (AvgIpc) is 3.48. The van der Waals surface area contributed by atoms with E-state index in [1.54, 1.807) is 31.4 Å². The van der Waals surface area contributed by atoms with Gasteiger partial charge in [-0.1, -0.05) is 17.3 Å². The number of carbonyl (C=O) groups excluding carboxylic acids is 1. The monoisotopic (exact) mass is 410 g/mol. The molecule has 146 valence electrons. The fourth-order valence-electron chi connectivity index (χ4n) is 2.52. The molecule has 4 aromatic rings. The molecule has 3 N–H and O–H groups in total. The first-order valence-corrected chi connectivity index (χ1v) is 9.16. The Morgan fingerprint density at radius 2 is 2.28 bits per heavy atom. The van der Waals surface area contributed by atoms with E-state index in [0.717, 1.165) is 5.56 Å². The lowest BCUT2D eigenvalue weighted by Gasteiger charge is -2.07. The van der Waals surface area contributed by atoms with Gasteiger partial charge in [-0.2, -0.15) is 21.1 Å². The maximum atomic E-state index is 12.7. The number of methoxy groups -OCH3 is 1. The van der Waals surface area contributed by atoms with Gasteiger partial charge in [0.05, 0.1) is 13.3 Å². The lowest BCUT2D eigenvalue weighted by atomic mass is 10.1. The van der Waals surface area contributed by atoms with Crippen LogP contribution in [0.3, 0.4) is 0 Å². The van der Waals surface area contributed by atoms with Gasteiger partial charge in [-0.15, -0.1) is 5.10 Å². The molecule has 11 nitrogen and oxygen atoms in total. The number of nitrogens with zero attached hydrogens (tertiary/aromatic N) is 6.